The second-order valence-corrected chi connectivity index (χ2v) is 10.0. The monoisotopic (exact) mass is 598 g/mol. The molecular formula is C35H38N2O7. The third-order valence-electron chi connectivity index (χ3n) is 7.03. The van der Waals surface area contributed by atoms with Gasteiger partial charge in [0.05, 0.1) is 26.9 Å². The van der Waals surface area contributed by atoms with Crippen LogP contribution in [0.25, 0.3) is 0 Å². The van der Waals surface area contributed by atoms with Crippen LogP contribution in [-0.4, -0.2) is 57.1 Å². The molecule has 4 aromatic rings. The highest BCUT2D eigenvalue weighted by atomic mass is 16.5. The van der Waals surface area contributed by atoms with Crippen molar-refractivity contribution in [2.24, 2.45) is 0 Å². The molecule has 0 aliphatic heterocycles. The zero-order valence-corrected chi connectivity index (χ0v) is 24.9. The van der Waals surface area contributed by atoms with Crippen molar-refractivity contribution in [1.82, 2.24) is 10.6 Å². The number of carbonyl (C=O) groups excluding carboxylic acids is 2. The third-order valence-corrected chi connectivity index (χ3v) is 7.03. The summed E-state index contributed by atoms with van der Waals surface area (Å²) in [5.74, 6) is 1.08. The number of hydrogen-bond donors (Lipinski definition) is 3. The molecule has 0 aliphatic rings. The van der Waals surface area contributed by atoms with Crippen molar-refractivity contribution in [1.29, 1.82) is 0 Å². The van der Waals surface area contributed by atoms with E-state index in [0.29, 0.717) is 11.5 Å². The Labute approximate surface area is 257 Å². The Balaban J connectivity index is 1.39. The standard InChI is InChI=1S/C35H38N2O7/c1-41-31-17-13-28(14-18-31)35(27-11-7-4-8-12-27,29-15-19-32(42-2)20-16-29)44-25-30(38)23-37-33(39)21-22-36-34(40)43-24-26-9-5-3-6-10-26/h3-20,30,38H,21-25H2,1-2H3,(H,36,40)(H,37,39)/t30-/m0/s1. The number of ether oxygens (including phenoxy) is 4. The fourth-order valence-electron chi connectivity index (χ4n) is 4.73. The lowest BCUT2D eigenvalue weighted by Crippen LogP contribution is -2.40. The number of hydrogen-bond acceptors (Lipinski definition) is 7. The molecule has 0 aromatic heterocycles. The first kappa shape index (κ1) is 32.1. The van der Waals surface area contributed by atoms with Crippen LogP contribution in [0.3, 0.4) is 0 Å². The van der Waals surface area contributed by atoms with E-state index in [2.05, 4.69) is 10.6 Å². The largest absolute Gasteiger partial charge is 0.497 e. The molecule has 4 rings (SSSR count). The van der Waals surface area contributed by atoms with E-state index in [4.69, 9.17) is 18.9 Å². The van der Waals surface area contributed by atoms with E-state index in [1.54, 1.807) is 14.2 Å². The lowest BCUT2D eigenvalue weighted by atomic mass is 9.80. The van der Waals surface area contributed by atoms with Crippen LogP contribution in [0.5, 0.6) is 11.5 Å². The van der Waals surface area contributed by atoms with Crippen LogP contribution < -0.4 is 20.1 Å². The van der Waals surface area contributed by atoms with E-state index in [1.165, 1.54) is 0 Å². The van der Waals surface area contributed by atoms with Crippen molar-refractivity contribution >= 4 is 12.0 Å². The average molecular weight is 599 g/mol. The first-order valence-electron chi connectivity index (χ1n) is 14.3. The summed E-state index contributed by atoms with van der Waals surface area (Å²) < 4.78 is 22.6. The van der Waals surface area contributed by atoms with Gasteiger partial charge in [-0.2, -0.15) is 0 Å². The van der Waals surface area contributed by atoms with Crippen LogP contribution in [0.15, 0.2) is 109 Å². The highest BCUT2D eigenvalue weighted by Gasteiger charge is 2.38. The second kappa shape index (κ2) is 16.1. The molecule has 0 spiro atoms. The second-order valence-electron chi connectivity index (χ2n) is 10.0. The Kier molecular flexibility index (Phi) is 11.7. The Bertz CT molecular complexity index is 1400. The number of rotatable bonds is 15. The SMILES string of the molecule is COc1ccc(C(OC[C@@H](O)CNC(=O)CCNC(=O)OCc2ccccc2)(c2ccccc2)c2ccc(OC)cc2)cc1. The molecule has 0 saturated carbocycles. The minimum absolute atomic E-state index is 0.0274. The van der Waals surface area contributed by atoms with Crippen molar-refractivity contribution in [3.63, 3.8) is 0 Å². The summed E-state index contributed by atoms with van der Waals surface area (Å²) in [6, 6.07) is 34.2. The van der Waals surface area contributed by atoms with E-state index in [-0.39, 0.29) is 38.6 Å². The van der Waals surface area contributed by atoms with Crippen LogP contribution in [0.1, 0.15) is 28.7 Å². The molecule has 4 aromatic carbocycles. The topological polar surface area (TPSA) is 115 Å². The molecule has 0 fully saturated rings. The van der Waals surface area contributed by atoms with Gasteiger partial charge in [-0.3, -0.25) is 4.79 Å². The summed E-state index contributed by atoms with van der Waals surface area (Å²) in [6.45, 7) is 0.116. The zero-order chi connectivity index (χ0) is 31.2. The molecule has 0 unspecified atom stereocenters. The highest BCUT2D eigenvalue weighted by molar-refractivity contribution is 5.77. The predicted octanol–water partition coefficient (Wildman–Crippen LogP) is 4.81. The van der Waals surface area contributed by atoms with Crippen molar-refractivity contribution in [3.8, 4) is 11.5 Å². The predicted molar refractivity (Wildman–Crippen MR) is 167 cm³/mol. The minimum Gasteiger partial charge on any atom is -0.497 e. The van der Waals surface area contributed by atoms with Gasteiger partial charge in [0, 0.05) is 19.5 Å². The molecule has 0 saturated heterocycles. The van der Waals surface area contributed by atoms with E-state index in [9.17, 15) is 14.7 Å². The Hall–Kier alpha value is -4.86. The first-order valence-corrected chi connectivity index (χ1v) is 14.3. The molecule has 2 amide bonds. The third kappa shape index (κ3) is 8.59. The van der Waals surface area contributed by atoms with Gasteiger partial charge in [-0.1, -0.05) is 84.9 Å². The van der Waals surface area contributed by atoms with Crippen LogP contribution >= 0.6 is 0 Å². The average Bonchev–Trinajstić information content (AvgIpc) is 3.08. The normalized spacial score (nSPS) is 11.7. The maximum Gasteiger partial charge on any atom is 0.407 e. The number of nitrogens with one attached hydrogen (secondary N) is 2. The number of aliphatic hydroxyl groups excluding tert-OH is 1. The lowest BCUT2D eigenvalue weighted by molar-refractivity contribution is -0.121. The highest BCUT2D eigenvalue weighted by Crippen LogP contribution is 2.41. The van der Waals surface area contributed by atoms with Gasteiger partial charge in [-0.05, 0) is 46.5 Å². The molecule has 230 valence electrons. The van der Waals surface area contributed by atoms with Crippen molar-refractivity contribution in [2.45, 2.75) is 24.7 Å². The Morgan fingerprint density at radius 2 is 1.25 bits per heavy atom. The molecule has 0 aliphatic carbocycles. The molecule has 3 N–H and O–H groups in total. The number of alkyl carbamates (subject to hydrolysis) is 1. The zero-order valence-electron chi connectivity index (χ0n) is 24.9. The summed E-state index contributed by atoms with van der Waals surface area (Å²) in [5.41, 5.74) is 2.30. The summed E-state index contributed by atoms with van der Waals surface area (Å²) in [5, 5.41) is 16.2. The fourth-order valence-corrected chi connectivity index (χ4v) is 4.73. The van der Waals surface area contributed by atoms with Crippen molar-refractivity contribution < 1.29 is 33.6 Å². The Morgan fingerprint density at radius 3 is 1.80 bits per heavy atom. The fraction of sp³-hybridized carbons (Fsp3) is 0.257. The maximum absolute atomic E-state index is 12.4. The molecule has 0 radical (unpaired) electrons. The summed E-state index contributed by atoms with van der Waals surface area (Å²) in [7, 11) is 3.22. The molecule has 1 atom stereocenters. The van der Waals surface area contributed by atoms with E-state index >= 15 is 0 Å². The molecule has 44 heavy (non-hydrogen) atoms. The summed E-state index contributed by atoms with van der Waals surface area (Å²) >= 11 is 0. The van der Waals surface area contributed by atoms with Crippen LogP contribution in [-0.2, 0) is 26.5 Å². The van der Waals surface area contributed by atoms with Gasteiger partial charge in [0.15, 0.2) is 0 Å². The number of methoxy groups -OCH3 is 2. The Morgan fingerprint density at radius 1 is 0.727 bits per heavy atom. The van der Waals surface area contributed by atoms with Gasteiger partial charge in [0.25, 0.3) is 0 Å². The number of aliphatic hydroxyl groups is 1. The smallest absolute Gasteiger partial charge is 0.407 e. The van der Waals surface area contributed by atoms with Gasteiger partial charge < -0.3 is 34.7 Å². The first-order chi connectivity index (χ1) is 21.4. The molecule has 9 heteroatoms. The molecule has 0 bridgehead atoms. The van der Waals surface area contributed by atoms with Gasteiger partial charge in [0.1, 0.15) is 23.7 Å². The van der Waals surface area contributed by atoms with Crippen molar-refractivity contribution in [2.75, 3.05) is 33.9 Å². The molecular weight excluding hydrogens is 560 g/mol. The van der Waals surface area contributed by atoms with E-state index < -0.39 is 17.8 Å². The van der Waals surface area contributed by atoms with Crippen molar-refractivity contribution in [3.05, 3.63) is 131 Å². The van der Waals surface area contributed by atoms with Crippen LogP contribution in [0, 0.1) is 0 Å². The lowest BCUT2D eigenvalue weighted by Gasteiger charge is -2.36. The van der Waals surface area contributed by atoms with Gasteiger partial charge in [-0.15, -0.1) is 0 Å². The maximum atomic E-state index is 12.4. The van der Waals surface area contributed by atoms with Gasteiger partial charge in [0.2, 0.25) is 5.91 Å². The number of amides is 2. The van der Waals surface area contributed by atoms with E-state index in [0.717, 1.165) is 22.3 Å². The van der Waals surface area contributed by atoms with Crippen LogP contribution in [0.2, 0.25) is 0 Å². The van der Waals surface area contributed by atoms with E-state index in [1.807, 2.05) is 109 Å². The molecule has 9 nitrogen and oxygen atoms in total. The summed E-state index contributed by atoms with van der Waals surface area (Å²) in [4.78, 5) is 24.3. The van der Waals surface area contributed by atoms with Gasteiger partial charge >= 0.3 is 6.09 Å². The van der Waals surface area contributed by atoms with Crippen LogP contribution in [0.4, 0.5) is 4.79 Å². The van der Waals surface area contributed by atoms with Gasteiger partial charge in [-0.25, -0.2) is 4.79 Å². The number of carbonyl (C=O) groups is 2. The molecule has 0 heterocycles. The minimum atomic E-state index is -1.09. The number of benzene rings is 4. The summed E-state index contributed by atoms with van der Waals surface area (Å²) in [6.07, 6.45) is -1.59. The quantitative estimate of drug-likeness (QED) is 0.168.